The van der Waals surface area contributed by atoms with Gasteiger partial charge in [-0.05, 0) is 55.2 Å². The van der Waals surface area contributed by atoms with Crippen LogP contribution in [0, 0.1) is 0 Å². The Balaban J connectivity index is 2.01. The maximum Gasteiger partial charge on any atom is 0.119 e. The van der Waals surface area contributed by atoms with Gasteiger partial charge in [0.2, 0.25) is 0 Å². The minimum Gasteiger partial charge on any atom is -0.494 e. The molecule has 2 aromatic heterocycles. The summed E-state index contributed by atoms with van der Waals surface area (Å²) in [5, 5.41) is 6.78. The molecule has 0 saturated heterocycles. The van der Waals surface area contributed by atoms with Crippen LogP contribution in [0.5, 0.6) is 5.75 Å². The third-order valence-corrected chi connectivity index (χ3v) is 4.22. The van der Waals surface area contributed by atoms with Crippen molar-refractivity contribution < 1.29 is 4.74 Å². The Bertz CT molecular complexity index is 717. The fourth-order valence-electron chi connectivity index (χ4n) is 2.35. The zero-order valence-electron chi connectivity index (χ0n) is 12.5. The molecule has 2 heterocycles. The van der Waals surface area contributed by atoms with Gasteiger partial charge >= 0.3 is 0 Å². The molecule has 0 fully saturated rings. The van der Waals surface area contributed by atoms with Crippen molar-refractivity contribution in [2.24, 2.45) is 5.73 Å². The Morgan fingerprint density at radius 2 is 2.05 bits per heavy atom. The maximum absolute atomic E-state index is 5.67. The van der Waals surface area contributed by atoms with Crippen LogP contribution in [-0.4, -0.2) is 22.9 Å². The lowest BCUT2D eigenvalue weighted by molar-refractivity contribution is 0.340. The Morgan fingerprint density at radius 1 is 1.23 bits per heavy atom. The van der Waals surface area contributed by atoms with Gasteiger partial charge in [0.25, 0.3) is 0 Å². The van der Waals surface area contributed by atoms with Crippen LogP contribution in [0.1, 0.15) is 12.6 Å². The van der Waals surface area contributed by atoms with Crippen LogP contribution in [0.25, 0.3) is 16.3 Å². The van der Waals surface area contributed by atoms with Gasteiger partial charge in [0.1, 0.15) is 5.75 Å². The van der Waals surface area contributed by atoms with Gasteiger partial charge in [0.15, 0.2) is 0 Å². The Kier molecular flexibility index (Phi) is 4.56. The van der Waals surface area contributed by atoms with Crippen molar-refractivity contribution in [3.63, 3.8) is 0 Å². The highest BCUT2D eigenvalue weighted by Gasteiger charge is 2.12. The van der Waals surface area contributed by atoms with Crippen molar-refractivity contribution in [1.82, 2.24) is 9.78 Å². The summed E-state index contributed by atoms with van der Waals surface area (Å²) >= 11 is 1.71. The quantitative estimate of drug-likeness (QED) is 0.758. The smallest absolute Gasteiger partial charge is 0.119 e. The molecule has 114 valence electrons. The van der Waals surface area contributed by atoms with Crippen LogP contribution in [0.15, 0.2) is 47.8 Å². The monoisotopic (exact) mass is 313 g/mol. The van der Waals surface area contributed by atoms with Crippen molar-refractivity contribution in [1.29, 1.82) is 0 Å². The summed E-state index contributed by atoms with van der Waals surface area (Å²) in [6.45, 7) is 3.25. The molecular weight excluding hydrogens is 294 g/mol. The van der Waals surface area contributed by atoms with Crippen molar-refractivity contribution in [2.45, 2.75) is 13.3 Å². The number of hydrogen-bond acceptors (Lipinski definition) is 4. The molecule has 2 N–H and O–H groups in total. The van der Waals surface area contributed by atoms with E-state index in [9.17, 15) is 0 Å². The third-order valence-electron chi connectivity index (χ3n) is 3.33. The second-order valence-corrected chi connectivity index (χ2v) is 5.82. The van der Waals surface area contributed by atoms with Gasteiger partial charge in [-0.3, -0.25) is 0 Å². The molecule has 22 heavy (non-hydrogen) atoms. The first-order valence-corrected chi connectivity index (χ1v) is 8.26. The van der Waals surface area contributed by atoms with E-state index in [1.165, 1.54) is 4.88 Å². The van der Waals surface area contributed by atoms with Crippen LogP contribution in [0.4, 0.5) is 0 Å². The topological polar surface area (TPSA) is 53.1 Å². The predicted octanol–water partition coefficient (Wildman–Crippen LogP) is 3.50. The zero-order chi connectivity index (χ0) is 15.4. The molecule has 3 rings (SSSR count). The molecular formula is C17H19N3OS. The molecule has 0 unspecified atom stereocenters. The highest BCUT2D eigenvalue weighted by atomic mass is 32.1. The molecule has 0 aliphatic carbocycles. The molecule has 0 radical (unpaired) electrons. The highest BCUT2D eigenvalue weighted by Crippen LogP contribution is 2.28. The number of benzene rings is 1. The SMILES string of the molecule is CCOc1ccc(-n2nc(CCN)cc2-c2cccs2)cc1. The summed E-state index contributed by atoms with van der Waals surface area (Å²) in [7, 11) is 0. The van der Waals surface area contributed by atoms with Crippen LogP contribution in [0.3, 0.4) is 0 Å². The van der Waals surface area contributed by atoms with E-state index in [1.807, 2.05) is 35.9 Å². The van der Waals surface area contributed by atoms with Crippen LogP contribution in [0.2, 0.25) is 0 Å². The fourth-order valence-corrected chi connectivity index (χ4v) is 3.07. The fraction of sp³-hybridized carbons (Fsp3) is 0.235. The minimum atomic E-state index is 0.601. The normalized spacial score (nSPS) is 10.8. The Morgan fingerprint density at radius 3 is 2.68 bits per heavy atom. The van der Waals surface area contributed by atoms with Crippen molar-refractivity contribution in [3.8, 4) is 22.0 Å². The van der Waals surface area contributed by atoms with Gasteiger partial charge in [-0.2, -0.15) is 5.10 Å². The van der Waals surface area contributed by atoms with E-state index in [1.54, 1.807) is 11.3 Å². The van der Waals surface area contributed by atoms with Crippen LogP contribution in [-0.2, 0) is 6.42 Å². The van der Waals surface area contributed by atoms with Gasteiger partial charge in [-0.25, -0.2) is 4.68 Å². The summed E-state index contributed by atoms with van der Waals surface area (Å²) in [6.07, 6.45) is 0.780. The van der Waals surface area contributed by atoms with Crippen molar-refractivity contribution in [3.05, 3.63) is 53.5 Å². The van der Waals surface area contributed by atoms with Crippen LogP contribution >= 0.6 is 11.3 Å². The van der Waals surface area contributed by atoms with Crippen molar-refractivity contribution in [2.75, 3.05) is 13.2 Å². The molecule has 0 spiro atoms. The minimum absolute atomic E-state index is 0.601. The summed E-state index contributed by atoms with van der Waals surface area (Å²) in [6, 6.07) is 14.3. The first kappa shape index (κ1) is 14.8. The third kappa shape index (κ3) is 3.05. The molecule has 0 bridgehead atoms. The molecule has 3 aromatic rings. The van der Waals surface area contributed by atoms with E-state index >= 15 is 0 Å². The standard InChI is InChI=1S/C17H19N3OS/c1-2-21-15-7-5-14(6-8-15)20-16(17-4-3-11-22-17)12-13(19-20)9-10-18/h3-8,11-12H,2,9-10,18H2,1H3. The maximum atomic E-state index is 5.67. The highest BCUT2D eigenvalue weighted by molar-refractivity contribution is 7.13. The molecule has 0 aliphatic rings. The first-order chi connectivity index (χ1) is 10.8. The van der Waals surface area contributed by atoms with Gasteiger partial charge in [0.05, 0.1) is 28.6 Å². The van der Waals surface area contributed by atoms with E-state index in [0.29, 0.717) is 13.2 Å². The lowest BCUT2D eigenvalue weighted by Gasteiger charge is -2.08. The lowest BCUT2D eigenvalue weighted by Crippen LogP contribution is -2.04. The first-order valence-electron chi connectivity index (χ1n) is 7.38. The number of hydrogen-bond donors (Lipinski definition) is 1. The molecule has 1 aromatic carbocycles. The predicted molar refractivity (Wildman–Crippen MR) is 90.8 cm³/mol. The molecule has 0 atom stereocenters. The van der Waals surface area contributed by atoms with Crippen molar-refractivity contribution >= 4 is 11.3 Å². The zero-order valence-corrected chi connectivity index (χ0v) is 13.3. The number of aromatic nitrogens is 2. The molecule has 4 nitrogen and oxygen atoms in total. The lowest BCUT2D eigenvalue weighted by atomic mass is 10.2. The molecule has 0 saturated carbocycles. The summed E-state index contributed by atoms with van der Waals surface area (Å²) in [5.74, 6) is 0.873. The van der Waals surface area contributed by atoms with Crippen LogP contribution < -0.4 is 10.5 Å². The Labute approximate surface area is 134 Å². The van der Waals surface area contributed by atoms with Gasteiger partial charge < -0.3 is 10.5 Å². The average Bonchev–Trinajstić information content (AvgIpc) is 3.18. The number of thiophene rings is 1. The average molecular weight is 313 g/mol. The van der Waals surface area contributed by atoms with Gasteiger partial charge in [0, 0.05) is 6.42 Å². The van der Waals surface area contributed by atoms with E-state index in [0.717, 1.165) is 29.2 Å². The number of ether oxygens (including phenoxy) is 1. The van der Waals surface area contributed by atoms with E-state index in [-0.39, 0.29) is 0 Å². The number of rotatable bonds is 6. The summed E-state index contributed by atoms with van der Waals surface area (Å²) < 4.78 is 7.48. The van der Waals surface area contributed by atoms with Gasteiger partial charge in [-0.1, -0.05) is 6.07 Å². The number of nitrogens with zero attached hydrogens (tertiary/aromatic N) is 2. The summed E-state index contributed by atoms with van der Waals surface area (Å²) in [5.41, 5.74) is 8.80. The van der Waals surface area contributed by atoms with E-state index in [4.69, 9.17) is 15.6 Å². The Hall–Kier alpha value is -2.11. The molecule has 0 amide bonds. The van der Waals surface area contributed by atoms with Gasteiger partial charge in [-0.15, -0.1) is 11.3 Å². The molecule has 5 heteroatoms. The second kappa shape index (κ2) is 6.77. The van der Waals surface area contributed by atoms with E-state index < -0.39 is 0 Å². The van der Waals surface area contributed by atoms with E-state index in [2.05, 4.69) is 23.6 Å². The second-order valence-electron chi connectivity index (χ2n) is 4.88. The number of nitrogens with two attached hydrogens (primary N) is 1. The summed E-state index contributed by atoms with van der Waals surface area (Å²) in [4.78, 5) is 1.20. The molecule has 0 aliphatic heterocycles. The largest absolute Gasteiger partial charge is 0.494 e.